The summed E-state index contributed by atoms with van der Waals surface area (Å²) in [6, 6.07) is -0.0842. The molecule has 0 saturated heterocycles. The second kappa shape index (κ2) is 25.0. The van der Waals surface area contributed by atoms with Gasteiger partial charge in [0.05, 0.1) is 38.6 Å². The number of hydrogen-bond acceptors (Lipinski definition) is 10. The lowest BCUT2D eigenvalue weighted by atomic mass is 10.3. The summed E-state index contributed by atoms with van der Waals surface area (Å²) >= 11 is 0. The van der Waals surface area contributed by atoms with Crippen LogP contribution in [0.3, 0.4) is 0 Å². The van der Waals surface area contributed by atoms with Crippen LogP contribution < -0.4 is 11.1 Å². The molecule has 0 aromatic heterocycles. The molecule has 12 nitrogen and oxygen atoms in total. The molecular weight excluding hydrogens is 488 g/mol. The summed E-state index contributed by atoms with van der Waals surface area (Å²) in [5.41, 5.74) is 5.50. The quantitative estimate of drug-likeness (QED) is 0.158. The third kappa shape index (κ3) is 29.5. The highest BCUT2D eigenvalue weighted by Gasteiger charge is 2.10. The van der Waals surface area contributed by atoms with Crippen LogP contribution in [-0.2, 0) is 42.9 Å². The first kappa shape index (κ1) is 38.9. The molecule has 0 radical (unpaired) electrons. The summed E-state index contributed by atoms with van der Waals surface area (Å²) in [6.07, 6.45) is 4.05. The van der Waals surface area contributed by atoms with Crippen molar-refractivity contribution in [1.29, 1.82) is 0 Å². The van der Waals surface area contributed by atoms with Gasteiger partial charge in [-0.2, -0.15) is 0 Å². The van der Waals surface area contributed by atoms with E-state index in [9.17, 15) is 19.2 Å². The maximum Gasteiger partial charge on any atom is 0.338 e. The van der Waals surface area contributed by atoms with Gasteiger partial charge in [-0.15, -0.1) is 0 Å². The molecule has 4 N–H and O–H groups in total. The number of carboxylic acids is 1. The summed E-state index contributed by atoms with van der Waals surface area (Å²) in [7, 11) is 0. The van der Waals surface area contributed by atoms with E-state index in [0.717, 1.165) is 30.9 Å². The molecule has 37 heavy (non-hydrogen) atoms. The lowest BCUT2D eigenvalue weighted by molar-refractivity contribution is -0.150. The fourth-order valence-corrected chi connectivity index (χ4v) is 2.07. The van der Waals surface area contributed by atoms with Crippen molar-refractivity contribution < 1.29 is 48.0 Å². The van der Waals surface area contributed by atoms with Crippen LogP contribution >= 0.6 is 0 Å². The highest BCUT2D eigenvalue weighted by molar-refractivity contribution is 6.04. The van der Waals surface area contributed by atoms with E-state index in [2.05, 4.69) is 10.1 Å². The molecule has 1 aliphatic heterocycles. The molecule has 0 aromatic rings. The van der Waals surface area contributed by atoms with E-state index in [1.54, 1.807) is 6.92 Å². The van der Waals surface area contributed by atoms with Gasteiger partial charge in [0.25, 0.3) is 0 Å². The number of nitrogens with one attached hydrogen (secondary N) is 1. The average molecular weight is 535 g/mol. The van der Waals surface area contributed by atoms with Gasteiger partial charge in [0.2, 0.25) is 5.91 Å². The summed E-state index contributed by atoms with van der Waals surface area (Å²) < 4.78 is 25.1. The molecule has 4 unspecified atom stereocenters. The minimum absolute atomic E-state index is 0. The zero-order valence-electron chi connectivity index (χ0n) is 22.1. The van der Waals surface area contributed by atoms with Crippen molar-refractivity contribution in [3.63, 3.8) is 0 Å². The molecule has 0 aliphatic carbocycles. The molecule has 0 aromatic carbocycles. The second-order valence-electron chi connectivity index (χ2n) is 7.74. The van der Waals surface area contributed by atoms with Gasteiger partial charge in [-0.1, -0.05) is 7.43 Å². The number of rotatable bonds is 15. The van der Waals surface area contributed by atoms with Crippen LogP contribution in [0.4, 0.5) is 0 Å². The van der Waals surface area contributed by atoms with E-state index in [4.69, 9.17) is 29.8 Å². The van der Waals surface area contributed by atoms with Crippen molar-refractivity contribution in [1.82, 2.24) is 5.32 Å². The number of carbonyl (C=O) groups is 4. The molecule has 0 fully saturated rings. The van der Waals surface area contributed by atoms with Crippen molar-refractivity contribution >= 4 is 23.8 Å². The number of amides is 1. The van der Waals surface area contributed by atoms with E-state index in [-0.39, 0.29) is 31.7 Å². The average Bonchev–Trinajstić information content (AvgIpc) is 3.20. The summed E-state index contributed by atoms with van der Waals surface area (Å²) in [5, 5.41) is 10.9. The van der Waals surface area contributed by atoms with Gasteiger partial charge < -0.3 is 39.8 Å². The van der Waals surface area contributed by atoms with Gasteiger partial charge in [-0.05, 0) is 41.5 Å². The summed E-state index contributed by atoms with van der Waals surface area (Å²) in [5.74, 6) is -2.76. The Labute approximate surface area is 220 Å². The molecular formula is C25H46N2O10. The van der Waals surface area contributed by atoms with Crippen LogP contribution in [0.1, 0.15) is 49.0 Å². The topological polar surface area (TPSA) is 173 Å². The first-order valence-electron chi connectivity index (χ1n) is 11.7. The number of ether oxygens (including phenoxy) is 5. The highest BCUT2D eigenvalue weighted by atomic mass is 16.6. The van der Waals surface area contributed by atoms with Crippen LogP contribution in [0.15, 0.2) is 24.3 Å². The van der Waals surface area contributed by atoms with Gasteiger partial charge in [0.1, 0.15) is 0 Å². The SMILES string of the molecule is C.CCOCC(C)OCC(C)N.CCOCC(C)OCC(C)NC(=O)/C=C\C(=O)O.O=C1C=CC(=O)O1. The number of esters is 2. The Kier molecular flexibility index (Phi) is 26.3. The molecule has 0 bridgehead atoms. The zero-order chi connectivity index (χ0) is 27.9. The van der Waals surface area contributed by atoms with Gasteiger partial charge in [-0.25, -0.2) is 14.4 Å². The largest absolute Gasteiger partial charge is 0.478 e. The van der Waals surface area contributed by atoms with Crippen LogP contribution in [0.5, 0.6) is 0 Å². The zero-order valence-corrected chi connectivity index (χ0v) is 22.1. The van der Waals surface area contributed by atoms with E-state index in [0.29, 0.717) is 33.0 Å². The normalized spacial score (nSPS) is 15.2. The van der Waals surface area contributed by atoms with E-state index < -0.39 is 23.8 Å². The number of nitrogens with two attached hydrogens (primary N) is 1. The van der Waals surface area contributed by atoms with Crippen molar-refractivity contribution in [2.24, 2.45) is 5.73 Å². The van der Waals surface area contributed by atoms with Crippen LogP contribution in [0, 0.1) is 0 Å². The van der Waals surface area contributed by atoms with Gasteiger partial charge >= 0.3 is 17.9 Å². The second-order valence-corrected chi connectivity index (χ2v) is 7.74. The van der Waals surface area contributed by atoms with Crippen molar-refractivity contribution in [2.75, 3.05) is 39.6 Å². The number of hydrogen-bond donors (Lipinski definition) is 3. The van der Waals surface area contributed by atoms with E-state index in [1.165, 1.54) is 0 Å². The molecule has 1 aliphatic rings. The maximum atomic E-state index is 11.2. The molecule has 4 atom stereocenters. The molecule has 1 rings (SSSR count). The summed E-state index contributed by atoms with van der Waals surface area (Å²) in [6.45, 7) is 14.9. The Morgan fingerprint density at radius 2 is 1.38 bits per heavy atom. The number of aliphatic carboxylic acids is 1. The van der Waals surface area contributed by atoms with E-state index in [1.807, 2.05) is 34.6 Å². The predicted molar refractivity (Wildman–Crippen MR) is 139 cm³/mol. The lowest BCUT2D eigenvalue weighted by Gasteiger charge is -2.17. The third-order valence-electron chi connectivity index (χ3n) is 3.71. The fourth-order valence-electron chi connectivity index (χ4n) is 2.07. The number of cyclic esters (lactones) is 2. The Morgan fingerprint density at radius 3 is 1.73 bits per heavy atom. The van der Waals surface area contributed by atoms with Gasteiger partial charge in [-0.3, -0.25) is 4.79 Å². The number of carbonyl (C=O) groups excluding carboxylic acids is 3. The Morgan fingerprint density at radius 1 is 0.919 bits per heavy atom. The number of carboxylic acid groups (broad SMARTS) is 1. The molecule has 1 heterocycles. The Balaban J connectivity index is -0.000000514. The standard InChI is InChI=1S/C12H21NO5.C8H19NO2.C4H2O3.CH4/c1-4-17-8-10(3)18-7-9(2)13-11(14)5-6-12(15)16;1-4-10-6-8(3)11-5-7(2)9;5-3-1-2-4(6)7-3;/h5-6,9-10H,4,7-8H2,1-3H3,(H,13,14)(H,15,16);7-8H,4-6,9H2,1-3H3;1-2H;1H4/b6-5-;;;. The van der Waals surface area contributed by atoms with Gasteiger partial charge in [0.15, 0.2) is 0 Å². The minimum Gasteiger partial charge on any atom is -0.478 e. The molecule has 0 saturated carbocycles. The summed E-state index contributed by atoms with van der Waals surface area (Å²) in [4.78, 5) is 41.3. The lowest BCUT2D eigenvalue weighted by Crippen LogP contribution is -2.36. The van der Waals surface area contributed by atoms with E-state index >= 15 is 0 Å². The molecule has 1 amide bonds. The fraction of sp³-hybridized carbons (Fsp3) is 0.680. The maximum absolute atomic E-state index is 11.2. The molecule has 0 spiro atoms. The monoisotopic (exact) mass is 534 g/mol. The smallest absolute Gasteiger partial charge is 0.338 e. The molecule has 216 valence electrons. The van der Waals surface area contributed by atoms with Crippen LogP contribution in [0.2, 0.25) is 0 Å². The first-order chi connectivity index (χ1) is 16.9. The Bertz CT molecular complexity index is 679. The highest BCUT2D eigenvalue weighted by Crippen LogP contribution is 1.95. The van der Waals surface area contributed by atoms with Crippen LogP contribution in [-0.4, -0.2) is 92.9 Å². The van der Waals surface area contributed by atoms with Crippen LogP contribution in [0.25, 0.3) is 0 Å². The van der Waals surface area contributed by atoms with Crippen molar-refractivity contribution in [3.8, 4) is 0 Å². The minimum atomic E-state index is -1.15. The van der Waals surface area contributed by atoms with Crippen molar-refractivity contribution in [3.05, 3.63) is 24.3 Å². The Hall–Kier alpha value is -2.64. The van der Waals surface area contributed by atoms with Gasteiger partial charge in [0, 0.05) is 49.6 Å². The predicted octanol–water partition coefficient (Wildman–Crippen LogP) is 1.61. The van der Waals surface area contributed by atoms with Crippen molar-refractivity contribution in [2.45, 2.75) is 73.3 Å². The third-order valence-corrected chi connectivity index (χ3v) is 3.71. The molecule has 12 heteroatoms. The first-order valence-corrected chi connectivity index (χ1v) is 11.7.